The van der Waals surface area contributed by atoms with Gasteiger partial charge in [-0.15, -0.1) is 0 Å². The summed E-state index contributed by atoms with van der Waals surface area (Å²) in [6.45, 7) is 8.24. The average Bonchev–Trinajstić information content (AvgIpc) is 3.79. The number of hydrogen-bond donors (Lipinski definition) is 0. The van der Waals surface area contributed by atoms with E-state index in [0.717, 1.165) is 77.0 Å². The van der Waals surface area contributed by atoms with Crippen molar-refractivity contribution in [3.8, 4) is 56.4 Å². The molecule has 11 aromatic rings. The van der Waals surface area contributed by atoms with Crippen molar-refractivity contribution in [3.63, 3.8) is 0 Å². The van der Waals surface area contributed by atoms with Gasteiger partial charge in [0.05, 0.1) is 44.7 Å². The Labute approximate surface area is 368 Å². The second kappa shape index (κ2) is 15.0. The van der Waals surface area contributed by atoms with Crippen LogP contribution in [0.4, 0.5) is 13.2 Å². The Morgan fingerprint density at radius 3 is 1.36 bits per heavy atom. The molecule has 0 aliphatic carbocycles. The maximum absolute atomic E-state index is 15.7. The largest absolute Gasteiger partial charge is 0.417 e. The fourth-order valence-corrected chi connectivity index (χ4v) is 9.36. The van der Waals surface area contributed by atoms with E-state index in [2.05, 4.69) is 110 Å². The van der Waals surface area contributed by atoms with E-state index < -0.39 is 11.7 Å². The van der Waals surface area contributed by atoms with Crippen LogP contribution >= 0.6 is 0 Å². The molecule has 0 fully saturated rings. The van der Waals surface area contributed by atoms with Crippen LogP contribution in [0.25, 0.3) is 100 Å². The first-order chi connectivity index (χ1) is 31.0. The molecule has 0 N–H and O–H groups in total. The lowest BCUT2D eigenvalue weighted by Gasteiger charge is -2.21. The molecular weight excluding hydrogens is 798 g/mol. The van der Waals surface area contributed by atoms with Crippen LogP contribution in [0.3, 0.4) is 0 Å². The second-order valence-electron chi connectivity index (χ2n) is 16.9. The molecule has 7 heteroatoms. The molecule has 0 radical (unpaired) electrons. The zero-order valence-corrected chi connectivity index (χ0v) is 35.7. The van der Waals surface area contributed by atoms with Crippen molar-refractivity contribution >= 4 is 43.6 Å². The van der Waals surface area contributed by atoms with E-state index in [1.54, 1.807) is 12.1 Å². The van der Waals surface area contributed by atoms with E-state index >= 15 is 13.2 Å². The lowest BCUT2D eigenvalue weighted by Crippen LogP contribution is -2.10. The number of halogens is 3. The zero-order chi connectivity index (χ0) is 43.9. The molecule has 0 spiro atoms. The van der Waals surface area contributed by atoms with Crippen molar-refractivity contribution in [2.45, 2.75) is 33.9 Å². The molecule has 0 aliphatic rings. The van der Waals surface area contributed by atoms with E-state index in [9.17, 15) is 0 Å². The van der Waals surface area contributed by atoms with Crippen molar-refractivity contribution < 1.29 is 13.2 Å². The minimum Gasteiger partial charge on any atom is -0.309 e. The van der Waals surface area contributed by atoms with Gasteiger partial charge >= 0.3 is 6.18 Å². The van der Waals surface area contributed by atoms with E-state index in [4.69, 9.17) is 9.97 Å². The highest BCUT2D eigenvalue weighted by Gasteiger charge is 2.35. The molecule has 3 heterocycles. The Hall–Kier alpha value is -7.77. The smallest absolute Gasteiger partial charge is 0.309 e. The van der Waals surface area contributed by atoms with Crippen molar-refractivity contribution in [2.24, 2.45) is 0 Å². The fourth-order valence-electron chi connectivity index (χ4n) is 9.36. The van der Waals surface area contributed by atoms with Crippen molar-refractivity contribution in [1.82, 2.24) is 19.1 Å². The van der Waals surface area contributed by atoms with Crippen LogP contribution in [0.5, 0.6) is 0 Å². The van der Waals surface area contributed by atoms with Crippen molar-refractivity contribution in [2.75, 3.05) is 0 Å². The summed E-state index contributed by atoms with van der Waals surface area (Å²) < 4.78 is 51.4. The molecule has 3 aromatic heterocycles. The normalized spacial score (nSPS) is 12.0. The standard InChI is InChI=1S/C57H41F3N4/c1-34-15-22-51-43(27-34)44-28-35(2)16-23-52(44)63(51)41-20-21-48(57(58,59)60)42(32-41)47-31-40(50-33-49(38-11-7-5-8-12-38)61-56(62-50)39-13-9-6-10-14-39)19-26-55(47)64-53-24-17-36(3)29-45(53)46-30-37(4)18-25-54(46)64/h5-33H,1-4H3. The molecular formula is C57H41F3N4. The number of benzene rings is 8. The minimum absolute atomic E-state index is 0.0610. The summed E-state index contributed by atoms with van der Waals surface area (Å²) in [5, 5.41) is 4.16. The van der Waals surface area contributed by atoms with Gasteiger partial charge < -0.3 is 9.13 Å². The summed E-state index contributed by atoms with van der Waals surface area (Å²) in [5.74, 6) is 0.519. The summed E-state index contributed by atoms with van der Waals surface area (Å²) in [6, 6.07) is 57.1. The van der Waals surface area contributed by atoms with E-state index in [1.165, 1.54) is 6.07 Å². The molecule has 0 saturated heterocycles. The Morgan fingerprint density at radius 1 is 0.391 bits per heavy atom. The first kappa shape index (κ1) is 39.1. The van der Waals surface area contributed by atoms with Crippen LogP contribution in [0, 0.1) is 27.7 Å². The maximum Gasteiger partial charge on any atom is 0.417 e. The zero-order valence-electron chi connectivity index (χ0n) is 35.7. The van der Waals surface area contributed by atoms with E-state index in [-0.39, 0.29) is 5.56 Å². The van der Waals surface area contributed by atoms with Crippen LogP contribution in [0.2, 0.25) is 0 Å². The highest BCUT2D eigenvalue weighted by molar-refractivity contribution is 6.11. The lowest BCUT2D eigenvalue weighted by atomic mass is 9.93. The molecule has 4 nitrogen and oxygen atoms in total. The summed E-state index contributed by atoms with van der Waals surface area (Å²) in [6.07, 6.45) is -4.68. The van der Waals surface area contributed by atoms with Gasteiger partial charge in [0.2, 0.25) is 0 Å². The highest BCUT2D eigenvalue weighted by Crippen LogP contribution is 2.45. The average molecular weight is 839 g/mol. The van der Waals surface area contributed by atoms with Gasteiger partial charge in [-0.05, 0) is 118 Å². The number of aromatic nitrogens is 4. The summed E-state index contributed by atoms with van der Waals surface area (Å²) >= 11 is 0. The molecule has 8 aromatic carbocycles. The third kappa shape index (κ3) is 6.63. The lowest BCUT2D eigenvalue weighted by molar-refractivity contribution is -0.137. The Morgan fingerprint density at radius 2 is 0.859 bits per heavy atom. The van der Waals surface area contributed by atoms with Crippen LogP contribution < -0.4 is 0 Å². The molecule has 64 heavy (non-hydrogen) atoms. The van der Waals surface area contributed by atoms with Gasteiger partial charge in [0, 0.05) is 49.5 Å². The quantitative estimate of drug-likeness (QED) is 0.167. The van der Waals surface area contributed by atoms with Crippen molar-refractivity contribution in [1.29, 1.82) is 0 Å². The number of fused-ring (bicyclic) bond motifs is 6. The van der Waals surface area contributed by atoms with Gasteiger partial charge in [0.25, 0.3) is 0 Å². The molecule has 0 unspecified atom stereocenters. The number of nitrogens with zero attached hydrogens (tertiary/aromatic N) is 4. The fraction of sp³-hybridized carbons (Fsp3) is 0.0877. The van der Waals surface area contributed by atoms with E-state index in [1.807, 2.05) is 84.9 Å². The third-order valence-electron chi connectivity index (χ3n) is 12.4. The number of aryl methyl sites for hydroxylation is 4. The predicted molar refractivity (Wildman–Crippen MR) is 256 cm³/mol. The van der Waals surface area contributed by atoms with Gasteiger partial charge in [-0.1, -0.05) is 113 Å². The van der Waals surface area contributed by atoms with Crippen LogP contribution in [0.15, 0.2) is 176 Å². The number of rotatable bonds is 6. The van der Waals surface area contributed by atoms with Crippen LogP contribution in [-0.2, 0) is 6.18 Å². The molecule has 0 amide bonds. The molecule has 11 rings (SSSR count). The van der Waals surface area contributed by atoms with E-state index in [0.29, 0.717) is 39.7 Å². The Kier molecular flexibility index (Phi) is 9.13. The molecule has 310 valence electrons. The van der Waals surface area contributed by atoms with Crippen LogP contribution in [-0.4, -0.2) is 19.1 Å². The van der Waals surface area contributed by atoms with Crippen molar-refractivity contribution in [3.05, 3.63) is 204 Å². The first-order valence-electron chi connectivity index (χ1n) is 21.4. The predicted octanol–water partition coefficient (Wildman–Crippen LogP) is 15.6. The summed E-state index contributed by atoms with van der Waals surface area (Å²) in [5.41, 5.74) is 12.7. The highest BCUT2D eigenvalue weighted by atomic mass is 19.4. The molecule has 0 bridgehead atoms. The second-order valence-corrected chi connectivity index (χ2v) is 16.9. The summed E-state index contributed by atoms with van der Waals surface area (Å²) in [7, 11) is 0. The SMILES string of the molecule is Cc1ccc2c(c1)c1cc(C)ccc1n2-c1ccc(C(F)(F)F)c(-c2cc(-c3cc(-c4ccccc4)nc(-c4ccccc4)n3)ccc2-n2c3ccc(C)cc3c3cc(C)ccc32)c1. The number of alkyl halides is 3. The Balaban J connectivity index is 1.24. The molecule has 0 atom stereocenters. The number of hydrogen-bond acceptors (Lipinski definition) is 2. The Bertz CT molecular complexity index is 3460. The minimum atomic E-state index is -4.68. The van der Waals surface area contributed by atoms with Gasteiger partial charge in [-0.2, -0.15) is 13.2 Å². The first-order valence-corrected chi connectivity index (χ1v) is 21.4. The molecule has 0 aliphatic heterocycles. The topological polar surface area (TPSA) is 35.6 Å². The maximum atomic E-state index is 15.7. The summed E-state index contributed by atoms with van der Waals surface area (Å²) in [4.78, 5) is 10.1. The van der Waals surface area contributed by atoms with Gasteiger partial charge in [-0.3, -0.25) is 0 Å². The van der Waals surface area contributed by atoms with Crippen LogP contribution in [0.1, 0.15) is 27.8 Å². The third-order valence-corrected chi connectivity index (χ3v) is 12.4. The van der Waals surface area contributed by atoms with Gasteiger partial charge in [0.1, 0.15) is 0 Å². The van der Waals surface area contributed by atoms with Gasteiger partial charge in [0.15, 0.2) is 5.82 Å². The molecule has 0 saturated carbocycles. The monoisotopic (exact) mass is 838 g/mol. The van der Waals surface area contributed by atoms with Gasteiger partial charge in [-0.25, -0.2) is 9.97 Å².